The molecule has 1 saturated heterocycles. The molecule has 1 aliphatic rings. The lowest BCUT2D eigenvalue weighted by Gasteiger charge is -2.14. The van der Waals surface area contributed by atoms with E-state index in [9.17, 15) is 36.6 Å². The molecule has 1 atom stereocenters. The van der Waals surface area contributed by atoms with Gasteiger partial charge in [-0.15, -0.1) is 10.2 Å². The Morgan fingerprint density at radius 3 is 2.59 bits per heavy atom. The summed E-state index contributed by atoms with van der Waals surface area (Å²) in [4.78, 5) is 11.7. The van der Waals surface area contributed by atoms with Crippen LogP contribution in [0, 0.1) is 18.3 Å². The van der Waals surface area contributed by atoms with E-state index in [1.165, 1.54) is 6.92 Å². The van der Waals surface area contributed by atoms with Gasteiger partial charge in [0.2, 0.25) is 15.9 Å². The van der Waals surface area contributed by atoms with Gasteiger partial charge in [0.25, 0.3) is 15.7 Å². The van der Waals surface area contributed by atoms with Gasteiger partial charge in [0, 0.05) is 25.3 Å². The minimum absolute atomic E-state index is 0.0389. The van der Waals surface area contributed by atoms with Crippen molar-refractivity contribution < 1.29 is 31.2 Å². The summed E-state index contributed by atoms with van der Waals surface area (Å²) in [5, 5.41) is 27.6. The Morgan fingerprint density at radius 1 is 1.27 bits per heavy atom. The highest BCUT2D eigenvalue weighted by Gasteiger charge is 2.25. The Labute approximate surface area is 214 Å². The van der Waals surface area contributed by atoms with Crippen molar-refractivity contribution in [3.05, 3.63) is 39.7 Å². The summed E-state index contributed by atoms with van der Waals surface area (Å²) in [5.74, 6) is -0.503. The average molecular weight is 554 g/mol. The van der Waals surface area contributed by atoms with E-state index in [1.807, 2.05) is 13.0 Å². The van der Waals surface area contributed by atoms with Gasteiger partial charge >= 0.3 is 0 Å². The number of nitrogens with zero attached hydrogens (tertiary/aromatic N) is 4. The number of aromatic hydroxyl groups is 1. The van der Waals surface area contributed by atoms with E-state index in [-0.39, 0.29) is 41.7 Å². The zero-order chi connectivity index (χ0) is 27.4. The maximum atomic E-state index is 13.1. The van der Waals surface area contributed by atoms with Crippen LogP contribution in [0.25, 0.3) is 0 Å². The summed E-state index contributed by atoms with van der Waals surface area (Å²) >= 11 is 0. The van der Waals surface area contributed by atoms with Crippen LogP contribution in [-0.4, -0.2) is 50.3 Å². The quantitative estimate of drug-likeness (QED) is 0.292. The number of nitrogens with one attached hydrogen (secondary N) is 1. The van der Waals surface area contributed by atoms with Crippen molar-refractivity contribution in [3.8, 4) is 11.9 Å². The number of unbranched alkanes of at least 4 members (excludes halogenated alkanes) is 1. The number of ether oxygens (including phenoxy) is 1. The second kappa shape index (κ2) is 11.5. The third-order valence-electron chi connectivity index (χ3n) is 5.81. The summed E-state index contributed by atoms with van der Waals surface area (Å²) in [6, 6.07) is 4.51. The molecule has 13 nitrogen and oxygen atoms in total. The molecule has 0 spiro atoms. The molecule has 1 aromatic heterocycles. The molecule has 15 heteroatoms. The molecule has 3 N–H and O–H groups in total. The molecule has 1 aromatic carbocycles. The molecule has 0 bridgehead atoms. The molecule has 1 aliphatic heterocycles. The van der Waals surface area contributed by atoms with Crippen molar-refractivity contribution in [1.82, 2.24) is 9.29 Å². The highest BCUT2D eigenvalue weighted by molar-refractivity contribution is 7.89. The first-order chi connectivity index (χ1) is 17.4. The van der Waals surface area contributed by atoms with Crippen LogP contribution >= 0.6 is 0 Å². The van der Waals surface area contributed by atoms with Crippen LogP contribution in [0.3, 0.4) is 0 Å². The summed E-state index contributed by atoms with van der Waals surface area (Å²) < 4.78 is 67.6. The highest BCUT2D eigenvalue weighted by Crippen LogP contribution is 2.31. The van der Waals surface area contributed by atoms with Gasteiger partial charge in [-0.3, -0.25) is 13.9 Å². The SMILES string of the molecule is CCCCn1c(O)c(C#N)c(C)c(N=Nc2ccc(S(=O)(=O)O)cc2S(=O)(=O)NCC2CCCO2)c1=O. The molecule has 0 saturated carbocycles. The van der Waals surface area contributed by atoms with Crippen LogP contribution in [0.15, 0.2) is 43.0 Å². The van der Waals surface area contributed by atoms with Gasteiger partial charge in [0.15, 0.2) is 5.69 Å². The molecule has 200 valence electrons. The molecule has 3 rings (SSSR count). The first kappa shape index (κ1) is 28.4. The first-order valence-electron chi connectivity index (χ1n) is 11.4. The largest absolute Gasteiger partial charge is 0.493 e. The van der Waals surface area contributed by atoms with Gasteiger partial charge in [-0.2, -0.15) is 13.7 Å². The molecule has 1 unspecified atom stereocenters. The van der Waals surface area contributed by atoms with E-state index < -0.39 is 41.4 Å². The predicted molar refractivity (Wildman–Crippen MR) is 131 cm³/mol. The highest BCUT2D eigenvalue weighted by atomic mass is 32.2. The Morgan fingerprint density at radius 2 is 2.00 bits per heavy atom. The lowest BCUT2D eigenvalue weighted by atomic mass is 10.1. The van der Waals surface area contributed by atoms with Crippen LogP contribution in [-0.2, 0) is 31.4 Å². The van der Waals surface area contributed by atoms with Crippen LogP contribution in [0.1, 0.15) is 43.7 Å². The van der Waals surface area contributed by atoms with Crippen LogP contribution in [0.4, 0.5) is 11.4 Å². The molecular weight excluding hydrogens is 526 g/mol. The van der Waals surface area contributed by atoms with Gasteiger partial charge in [0.05, 0.1) is 11.0 Å². The van der Waals surface area contributed by atoms with Crippen molar-refractivity contribution in [2.75, 3.05) is 13.2 Å². The fourth-order valence-electron chi connectivity index (χ4n) is 3.72. The maximum Gasteiger partial charge on any atom is 0.294 e. The number of nitriles is 1. The topological polar surface area (TPSA) is 201 Å². The van der Waals surface area contributed by atoms with Crippen molar-refractivity contribution >= 4 is 31.5 Å². The van der Waals surface area contributed by atoms with E-state index in [0.29, 0.717) is 25.9 Å². The number of benzene rings is 1. The van der Waals surface area contributed by atoms with Gasteiger partial charge in [-0.1, -0.05) is 13.3 Å². The first-order valence-corrected chi connectivity index (χ1v) is 14.3. The van der Waals surface area contributed by atoms with Crippen LogP contribution in [0.2, 0.25) is 0 Å². The number of hydrogen-bond donors (Lipinski definition) is 3. The lowest BCUT2D eigenvalue weighted by molar-refractivity contribution is 0.114. The fourth-order valence-corrected chi connectivity index (χ4v) is 5.53. The van der Waals surface area contributed by atoms with Gasteiger partial charge in [-0.05, 0) is 44.4 Å². The van der Waals surface area contributed by atoms with Crippen LogP contribution in [0.5, 0.6) is 5.88 Å². The number of pyridine rings is 1. The number of hydrogen-bond acceptors (Lipinski definition) is 10. The predicted octanol–water partition coefficient (Wildman–Crippen LogP) is 2.65. The number of azo groups is 1. The number of aromatic nitrogens is 1. The van der Waals surface area contributed by atoms with E-state index in [1.54, 1.807) is 0 Å². The Balaban J connectivity index is 2.11. The van der Waals surface area contributed by atoms with E-state index >= 15 is 0 Å². The zero-order valence-electron chi connectivity index (χ0n) is 20.2. The van der Waals surface area contributed by atoms with Crippen molar-refractivity contribution in [1.29, 1.82) is 5.26 Å². The fraction of sp³-hybridized carbons (Fsp3) is 0.455. The Hall–Kier alpha value is -3.16. The van der Waals surface area contributed by atoms with E-state index in [0.717, 1.165) is 29.2 Å². The maximum absolute atomic E-state index is 13.1. The number of sulfonamides is 1. The molecule has 2 heterocycles. The molecule has 0 radical (unpaired) electrons. The van der Waals surface area contributed by atoms with Crippen molar-refractivity contribution in [3.63, 3.8) is 0 Å². The normalized spacial score (nSPS) is 16.3. The van der Waals surface area contributed by atoms with E-state index in [4.69, 9.17) is 4.74 Å². The summed E-state index contributed by atoms with van der Waals surface area (Å²) in [6.45, 7) is 3.82. The Kier molecular flexibility index (Phi) is 8.82. The third kappa shape index (κ3) is 6.40. The van der Waals surface area contributed by atoms with Gasteiger partial charge < -0.3 is 9.84 Å². The Bertz CT molecular complexity index is 1520. The molecule has 1 fully saturated rings. The summed E-state index contributed by atoms with van der Waals surface area (Å²) in [5.41, 5.74) is -1.49. The minimum atomic E-state index is -4.75. The van der Waals surface area contributed by atoms with Crippen molar-refractivity contribution in [2.24, 2.45) is 10.2 Å². The molecule has 0 aliphatic carbocycles. The van der Waals surface area contributed by atoms with E-state index in [2.05, 4.69) is 15.0 Å². The smallest absolute Gasteiger partial charge is 0.294 e. The molecule has 2 aromatic rings. The lowest BCUT2D eigenvalue weighted by Crippen LogP contribution is -2.32. The summed E-state index contributed by atoms with van der Waals surface area (Å²) in [6.07, 6.45) is 2.31. The van der Waals surface area contributed by atoms with Gasteiger partial charge in [0.1, 0.15) is 22.2 Å². The van der Waals surface area contributed by atoms with Crippen molar-refractivity contribution in [2.45, 2.75) is 62.0 Å². The minimum Gasteiger partial charge on any atom is -0.493 e. The van der Waals surface area contributed by atoms with Crippen LogP contribution < -0.4 is 10.3 Å². The molecule has 37 heavy (non-hydrogen) atoms. The second-order valence-electron chi connectivity index (χ2n) is 8.39. The molecular formula is C22H27N5O8S2. The third-order valence-corrected chi connectivity index (χ3v) is 8.11. The number of rotatable bonds is 10. The zero-order valence-corrected chi connectivity index (χ0v) is 21.8. The second-order valence-corrected chi connectivity index (χ2v) is 11.5. The summed E-state index contributed by atoms with van der Waals surface area (Å²) in [7, 11) is -9.11. The molecule has 0 amide bonds. The average Bonchev–Trinajstić information content (AvgIpc) is 3.36. The monoisotopic (exact) mass is 553 g/mol. The standard InChI is InChI=1S/C22H27N5O8S2/c1-3-4-9-27-21(28)17(12-23)14(2)20(22(27)29)26-25-18-8-7-16(37(32,33)34)11-19(18)36(30,31)24-13-15-6-5-10-35-15/h7-8,11,15,24,28H,3-6,9-10,13H2,1-2H3,(H,32,33,34). The van der Waals surface area contributed by atoms with Gasteiger partial charge in [-0.25, -0.2) is 13.1 Å².